The molecule has 32 heavy (non-hydrogen) atoms. The van der Waals surface area contributed by atoms with E-state index >= 15 is 0 Å². The SMILES string of the molecule is Cc1cc(OCC(=O)N(Cc2c(Cl)cccc2Cl)[C@@H](C)C(=O)NC(C)(C)C)cc(C)c1Br. The van der Waals surface area contributed by atoms with Crippen LogP contribution in [0.3, 0.4) is 0 Å². The molecule has 0 aliphatic rings. The average molecular weight is 544 g/mol. The van der Waals surface area contributed by atoms with Crippen LogP contribution >= 0.6 is 39.1 Å². The van der Waals surface area contributed by atoms with Crippen molar-refractivity contribution in [3.05, 3.63) is 61.5 Å². The Bertz CT molecular complexity index is 962. The van der Waals surface area contributed by atoms with Gasteiger partial charge in [-0.1, -0.05) is 45.2 Å². The van der Waals surface area contributed by atoms with Crippen molar-refractivity contribution < 1.29 is 14.3 Å². The molecule has 1 atom stereocenters. The van der Waals surface area contributed by atoms with Gasteiger partial charge in [0.05, 0.1) is 0 Å². The molecule has 2 aromatic carbocycles. The number of aryl methyl sites for hydroxylation is 2. The highest BCUT2D eigenvalue weighted by atomic mass is 79.9. The Morgan fingerprint density at radius 1 is 1.12 bits per heavy atom. The third kappa shape index (κ3) is 7.12. The van der Waals surface area contributed by atoms with Gasteiger partial charge in [-0.05, 0) is 76.9 Å². The van der Waals surface area contributed by atoms with E-state index in [1.165, 1.54) is 4.90 Å². The van der Waals surface area contributed by atoms with Gasteiger partial charge < -0.3 is 15.0 Å². The normalized spacial score (nSPS) is 12.3. The maximum Gasteiger partial charge on any atom is 0.261 e. The molecule has 0 aliphatic carbocycles. The second-order valence-electron chi connectivity index (χ2n) is 8.80. The van der Waals surface area contributed by atoms with E-state index in [0.717, 1.165) is 15.6 Å². The van der Waals surface area contributed by atoms with Crippen LogP contribution < -0.4 is 10.1 Å². The highest BCUT2D eigenvalue weighted by Crippen LogP contribution is 2.28. The molecule has 5 nitrogen and oxygen atoms in total. The number of nitrogens with one attached hydrogen (secondary N) is 1. The summed E-state index contributed by atoms with van der Waals surface area (Å²) in [5.41, 5.74) is 2.15. The lowest BCUT2D eigenvalue weighted by molar-refractivity contribution is -0.142. The van der Waals surface area contributed by atoms with Crippen molar-refractivity contribution >= 4 is 50.9 Å². The van der Waals surface area contributed by atoms with E-state index in [2.05, 4.69) is 21.2 Å². The Balaban J connectivity index is 2.28. The van der Waals surface area contributed by atoms with E-state index in [1.807, 2.05) is 46.8 Å². The monoisotopic (exact) mass is 542 g/mol. The van der Waals surface area contributed by atoms with E-state index in [1.54, 1.807) is 25.1 Å². The Morgan fingerprint density at radius 3 is 2.16 bits per heavy atom. The number of hydrogen-bond donors (Lipinski definition) is 1. The largest absolute Gasteiger partial charge is 0.484 e. The van der Waals surface area contributed by atoms with Crippen molar-refractivity contribution in [2.75, 3.05) is 6.61 Å². The quantitative estimate of drug-likeness (QED) is 0.460. The summed E-state index contributed by atoms with van der Waals surface area (Å²) in [4.78, 5) is 27.5. The minimum Gasteiger partial charge on any atom is -0.484 e. The second-order valence-corrected chi connectivity index (χ2v) is 10.4. The minimum atomic E-state index is -0.758. The summed E-state index contributed by atoms with van der Waals surface area (Å²) in [7, 11) is 0. The van der Waals surface area contributed by atoms with Crippen molar-refractivity contribution in [3.8, 4) is 5.75 Å². The summed E-state index contributed by atoms with van der Waals surface area (Å²) < 4.78 is 6.78. The molecule has 0 bridgehead atoms. The first-order valence-electron chi connectivity index (χ1n) is 10.2. The molecule has 0 saturated heterocycles. The molecule has 8 heteroatoms. The van der Waals surface area contributed by atoms with Crippen LogP contribution in [-0.4, -0.2) is 34.9 Å². The van der Waals surface area contributed by atoms with Crippen LogP contribution in [0, 0.1) is 13.8 Å². The molecule has 0 saturated carbocycles. The number of carbonyl (C=O) groups excluding carboxylic acids is 2. The molecular weight excluding hydrogens is 515 g/mol. The van der Waals surface area contributed by atoms with Crippen molar-refractivity contribution in [3.63, 3.8) is 0 Å². The molecule has 1 N–H and O–H groups in total. The smallest absolute Gasteiger partial charge is 0.261 e. The summed E-state index contributed by atoms with van der Waals surface area (Å²) in [5.74, 6) is -0.0424. The second kappa shape index (κ2) is 10.9. The first kappa shape index (κ1) is 26.5. The molecule has 2 amide bonds. The zero-order valence-electron chi connectivity index (χ0n) is 19.2. The van der Waals surface area contributed by atoms with Crippen LogP contribution in [0.1, 0.15) is 44.4 Å². The maximum atomic E-state index is 13.2. The average Bonchev–Trinajstić information content (AvgIpc) is 2.68. The van der Waals surface area contributed by atoms with Gasteiger partial charge in [0.25, 0.3) is 5.91 Å². The lowest BCUT2D eigenvalue weighted by atomic mass is 10.1. The maximum absolute atomic E-state index is 13.2. The minimum absolute atomic E-state index is 0.0812. The molecule has 0 unspecified atom stereocenters. The topological polar surface area (TPSA) is 58.6 Å². The summed E-state index contributed by atoms with van der Waals surface area (Å²) in [6.07, 6.45) is 0. The molecule has 0 fully saturated rings. The standard InChI is InChI=1S/C24H29BrCl2N2O3/c1-14-10-17(11-15(2)22(14)25)32-13-21(30)29(16(3)23(31)28-24(4,5)6)12-18-19(26)8-7-9-20(18)27/h7-11,16H,12-13H2,1-6H3,(H,28,31)/t16-/m0/s1. The van der Waals surface area contributed by atoms with Gasteiger partial charge in [-0.2, -0.15) is 0 Å². The van der Waals surface area contributed by atoms with Crippen LogP contribution in [0.15, 0.2) is 34.8 Å². The van der Waals surface area contributed by atoms with E-state index in [-0.39, 0.29) is 25.0 Å². The summed E-state index contributed by atoms with van der Waals surface area (Å²) >= 11 is 16.2. The number of benzene rings is 2. The fourth-order valence-electron chi connectivity index (χ4n) is 3.13. The first-order chi connectivity index (χ1) is 14.8. The molecular formula is C24H29BrCl2N2O3. The Hall–Kier alpha value is -1.76. The van der Waals surface area contributed by atoms with Crippen LogP contribution in [0.2, 0.25) is 10.0 Å². The van der Waals surface area contributed by atoms with Crippen LogP contribution in [0.25, 0.3) is 0 Å². The van der Waals surface area contributed by atoms with Crippen molar-refractivity contribution in [2.24, 2.45) is 0 Å². The van der Waals surface area contributed by atoms with Gasteiger partial charge >= 0.3 is 0 Å². The van der Waals surface area contributed by atoms with Crippen LogP contribution in [0.4, 0.5) is 0 Å². The van der Waals surface area contributed by atoms with Crippen molar-refractivity contribution in [2.45, 2.75) is 59.7 Å². The number of amides is 2. The highest BCUT2D eigenvalue weighted by Gasteiger charge is 2.29. The first-order valence-corrected chi connectivity index (χ1v) is 11.8. The van der Waals surface area contributed by atoms with E-state index in [9.17, 15) is 9.59 Å². The molecule has 174 valence electrons. The molecule has 2 rings (SSSR count). The molecule has 2 aromatic rings. The van der Waals surface area contributed by atoms with Gasteiger partial charge in [-0.15, -0.1) is 0 Å². The van der Waals surface area contributed by atoms with Gasteiger partial charge in [0.1, 0.15) is 11.8 Å². The number of carbonyl (C=O) groups is 2. The molecule has 0 aromatic heterocycles. The van der Waals surface area contributed by atoms with Gasteiger partial charge in [0, 0.05) is 32.2 Å². The number of ether oxygens (including phenoxy) is 1. The fraction of sp³-hybridized carbons (Fsp3) is 0.417. The van der Waals surface area contributed by atoms with E-state index < -0.39 is 11.6 Å². The third-order valence-corrected chi connectivity index (χ3v) is 6.79. The van der Waals surface area contributed by atoms with Crippen LogP contribution in [0.5, 0.6) is 5.75 Å². The van der Waals surface area contributed by atoms with Crippen molar-refractivity contribution in [1.29, 1.82) is 0 Å². The Kier molecular flexibility index (Phi) is 9.03. The predicted molar refractivity (Wildman–Crippen MR) is 133 cm³/mol. The summed E-state index contributed by atoms with van der Waals surface area (Å²) in [6.45, 7) is 11.1. The molecule has 0 aliphatic heterocycles. The lowest BCUT2D eigenvalue weighted by Crippen LogP contribution is -2.53. The zero-order chi connectivity index (χ0) is 24.2. The number of nitrogens with zero attached hydrogens (tertiary/aromatic N) is 1. The molecule has 0 radical (unpaired) electrons. The Labute approximate surface area is 208 Å². The van der Waals surface area contributed by atoms with Gasteiger partial charge in [0.15, 0.2) is 6.61 Å². The summed E-state index contributed by atoms with van der Waals surface area (Å²) in [6, 6.07) is 8.10. The molecule has 0 heterocycles. The van der Waals surface area contributed by atoms with E-state index in [0.29, 0.717) is 21.4 Å². The van der Waals surface area contributed by atoms with Gasteiger partial charge in [-0.25, -0.2) is 0 Å². The fourth-order valence-corrected chi connectivity index (χ4v) is 3.87. The Morgan fingerprint density at radius 2 is 1.66 bits per heavy atom. The zero-order valence-corrected chi connectivity index (χ0v) is 22.3. The van der Waals surface area contributed by atoms with E-state index in [4.69, 9.17) is 27.9 Å². The highest BCUT2D eigenvalue weighted by molar-refractivity contribution is 9.10. The number of rotatable bonds is 7. The van der Waals surface area contributed by atoms with Crippen LogP contribution in [-0.2, 0) is 16.1 Å². The van der Waals surface area contributed by atoms with Gasteiger partial charge in [0.2, 0.25) is 5.91 Å². The lowest BCUT2D eigenvalue weighted by Gasteiger charge is -2.31. The predicted octanol–water partition coefficient (Wildman–Crippen LogP) is 6.08. The number of halogens is 3. The van der Waals surface area contributed by atoms with Gasteiger partial charge in [-0.3, -0.25) is 9.59 Å². The summed E-state index contributed by atoms with van der Waals surface area (Å²) in [5, 5.41) is 3.78. The third-order valence-electron chi connectivity index (χ3n) is 4.83. The molecule has 0 spiro atoms. The van der Waals surface area contributed by atoms with Crippen molar-refractivity contribution in [1.82, 2.24) is 10.2 Å². The number of hydrogen-bond acceptors (Lipinski definition) is 3.